The van der Waals surface area contributed by atoms with Crippen molar-refractivity contribution < 1.29 is 10.0 Å². The molecule has 22 heavy (non-hydrogen) atoms. The molecule has 0 amide bonds. The number of hydrogen-bond donors (Lipinski definition) is 1. The van der Waals surface area contributed by atoms with E-state index in [0.29, 0.717) is 0 Å². The van der Waals surface area contributed by atoms with Gasteiger partial charge in [0.1, 0.15) is 0 Å². The Morgan fingerprint density at radius 2 is 1.23 bits per heavy atom. The van der Waals surface area contributed by atoms with Gasteiger partial charge in [0.2, 0.25) is 0 Å². The van der Waals surface area contributed by atoms with Gasteiger partial charge in [-0.3, -0.25) is 15.1 Å². The van der Waals surface area contributed by atoms with Gasteiger partial charge < -0.3 is 0 Å². The molecule has 0 aromatic heterocycles. The number of Topliss-reactive ketones (excluding diaryl/α,β-unsaturated/α-hetero) is 1. The molecule has 124 valence electrons. The van der Waals surface area contributed by atoms with Crippen molar-refractivity contribution in [3.63, 3.8) is 0 Å². The second-order valence-electron chi connectivity index (χ2n) is 9.09. The number of allylic oxidation sites excluding steroid dienone is 5. The van der Waals surface area contributed by atoms with Crippen LogP contribution in [0.25, 0.3) is 0 Å². The van der Waals surface area contributed by atoms with Crippen molar-refractivity contribution in [1.29, 1.82) is 0 Å². The maximum Gasteiger partial charge on any atom is 0.186 e. The van der Waals surface area contributed by atoms with Gasteiger partial charge in [0.25, 0.3) is 0 Å². The van der Waals surface area contributed by atoms with Crippen LogP contribution in [0.1, 0.15) is 62.3 Å². The molecule has 0 heterocycles. The molecule has 3 nitrogen and oxygen atoms in total. The Balaban J connectivity index is 3.43. The van der Waals surface area contributed by atoms with Crippen molar-refractivity contribution >= 4 is 5.78 Å². The van der Waals surface area contributed by atoms with Crippen LogP contribution in [-0.4, -0.2) is 21.6 Å². The molecule has 0 fully saturated rings. The highest BCUT2D eigenvalue weighted by Crippen LogP contribution is 2.39. The van der Waals surface area contributed by atoms with E-state index in [1.807, 2.05) is 74.5 Å². The molecule has 0 aliphatic heterocycles. The lowest BCUT2D eigenvalue weighted by atomic mass is 9.72. The third-order valence-electron chi connectivity index (χ3n) is 3.69. The zero-order valence-electron chi connectivity index (χ0n) is 15.5. The van der Waals surface area contributed by atoms with Crippen molar-refractivity contribution in [2.75, 3.05) is 0 Å². The number of hydroxylamine groups is 2. The van der Waals surface area contributed by atoms with Gasteiger partial charge in [-0.15, -0.1) is 0 Å². The zero-order chi connectivity index (χ0) is 17.5. The van der Waals surface area contributed by atoms with Crippen molar-refractivity contribution in [2.24, 2.45) is 10.8 Å². The summed E-state index contributed by atoms with van der Waals surface area (Å²) < 4.78 is 0. The minimum absolute atomic E-state index is 0.109. The van der Waals surface area contributed by atoms with E-state index in [9.17, 15) is 10.0 Å². The van der Waals surface area contributed by atoms with Gasteiger partial charge in [-0.1, -0.05) is 41.5 Å². The summed E-state index contributed by atoms with van der Waals surface area (Å²) in [5, 5.41) is 11.4. The van der Waals surface area contributed by atoms with Crippen molar-refractivity contribution in [3.05, 3.63) is 35.1 Å². The van der Waals surface area contributed by atoms with Crippen LogP contribution in [0.4, 0.5) is 0 Å². The Kier molecular flexibility index (Phi) is 4.84. The standard InChI is InChI=1S/C19H31NO2/c1-17(2,3)14-10-13(12-20(22)19(7,8)9)11-15(16(14)21)18(4,5)6/h10-12,22H,1-9H3. The molecule has 1 aliphatic rings. The van der Waals surface area contributed by atoms with Gasteiger partial charge >= 0.3 is 0 Å². The number of nitrogens with zero attached hydrogens (tertiary/aromatic N) is 1. The number of carbonyl (C=O) groups is 1. The highest BCUT2D eigenvalue weighted by molar-refractivity contribution is 6.11. The molecular weight excluding hydrogens is 274 g/mol. The molecule has 0 spiro atoms. The van der Waals surface area contributed by atoms with E-state index in [2.05, 4.69) is 0 Å². The maximum absolute atomic E-state index is 12.8. The first-order chi connectivity index (χ1) is 9.64. The molecule has 0 saturated heterocycles. The second-order valence-corrected chi connectivity index (χ2v) is 9.09. The van der Waals surface area contributed by atoms with Crippen LogP contribution in [0, 0.1) is 10.8 Å². The predicted octanol–water partition coefficient (Wildman–Crippen LogP) is 4.89. The summed E-state index contributed by atoms with van der Waals surface area (Å²) >= 11 is 0. The van der Waals surface area contributed by atoms with Crippen LogP contribution >= 0.6 is 0 Å². The van der Waals surface area contributed by atoms with E-state index in [0.717, 1.165) is 16.7 Å². The fourth-order valence-corrected chi connectivity index (χ4v) is 2.17. The van der Waals surface area contributed by atoms with E-state index in [1.165, 1.54) is 5.06 Å². The molecule has 3 heteroatoms. The first-order valence-corrected chi connectivity index (χ1v) is 7.83. The van der Waals surface area contributed by atoms with Gasteiger partial charge in [0, 0.05) is 17.3 Å². The minimum Gasteiger partial charge on any atom is -0.289 e. The molecular formula is C19H31NO2. The first kappa shape index (κ1) is 18.7. The van der Waals surface area contributed by atoms with Crippen LogP contribution in [-0.2, 0) is 4.79 Å². The minimum atomic E-state index is -0.389. The van der Waals surface area contributed by atoms with E-state index < -0.39 is 0 Å². The largest absolute Gasteiger partial charge is 0.289 e. The first-order valence-electron chi connectivity index (χ1n) is 7.83. The molecule has 1 N–H and O–H groups in total. The average molecular weight is 305 g/mol. The fraction of sp³-hybridized carbons (Fsp3) is 0.632. The third-order valence-corrected chi connectivity index (χ3v) is 3.69. The zero-order valence-corrected chi connectivity index (χ0v) is 15.5. The third kappa shape index (κ3) is 4.33. The maximum atomic E-state index is 12.8. The highest BCUT2D eigenvalue weighted by Gasteiger charge is 2.34. The van der Waals surface area contributed by atoms with Crippen molar-refractivity contribution in [3.8, 4) is 0 Å². The van der Waals surface area contributed by atoms with Crippen LogP contribution in [0.2, 0.25) is 0 Å². The summed E-state index contributed by atoms with van der Waals surface area (Å²) in [7, 11) is 0. The number of ketones is 1. The Morgan fingerprint density at radius 1 is 0.864 bits per heavy atom. The molecule has 0 saturated carbocycles. The molecule has 0 atom stereocenters. The van der Waals surface area contributed by atoms with Gasteiger partial charge in [-0.2, -0.15) is 0 Å². The van der Waals surface area contributed by atoms with E-state index in [-0.39, 0.29) is 22.2 Å². The van der Waals surface area contributed by atoms with E-state index in [4.69, 9.17) is 0 Å². The van der Waals surface area contributed by atoms with E-state index >= 15 is 0 Å². The highest BCUT2D eigenvalue weighted by atomic mass is 16.5. The molecule has 0 aromatic carbocycles. The summed E-state index contributed by atoms with van der Waals surface area (Å²) in [5.74, 6) is 0.109. The lowest BCUT2D eigenvalue weighted by Gasteiger charge is -2.33. The topological polar surface area (TPSA) is 40.5 Å². The summed E-state index contributed by atoms with van der Waals surface area (Å²) in [6, 6.07) is 0. The van der Waals surface area contributed by atoms with Crippen LogP contribution in [0.15, 0.2) is 35.1 Å². The lowest BCUT2D eigenvalue weighted by Crippen LogP contribution is -2.35. The molecule has 0 unspecified atom stereocenters. The Morgan fingerprint density at radius 3 is 1.50 bits per heavy atom. The predicted molar refractivity (Wildman–Crippen MR) is 91.5 cm³/mol. The molecule has 0 bridgehead atoms. The normalized spacial score (nSPS) is 17.2. The SMILES string of the molecule is CC(C)(C)C1=CC(=CN(O)C(C)(C)C)C=C(C(C)(C)C)C1=O. The fourth-order valence-electron chi connectivity index (χ4n) is 2.17. The molecule has 1 aliphatic carbocycles. The van der Waals surface area contributed by atoms with Gasteiger partial charge in [-0.05, 0) is 49.3 Å². The second kappa shape index (κ2) is 5.69. The van der Waals surface area contributed by atoms with Crippen LogP contribution in [0.3, 0.4) is 0 Å². The lowest BCUT2D eigenvalue weighted by molar-refractivity contribution is -0.114. The Labute approximate surface area is 135 Å². The summed E-state index contributed by atoms with van der Waals surface area (Å²) in [6.07, 6.45) is 5.49. The number of carbonyl (C=O) groups excluding carboxylic acids is 1. The monoisotopic (exact) mass is 305 g/mol. The van der Waals surface area contributed by atoms with Crippen LogP contribution < -0.4 is 0 Å². The Hall–Kier alpha value is -1.35. The number of rotatable bonds is 1. The summed E-state index contributed by atoms with van der Waals surface area (Å²) in [5.41, 5.74) is 1.57. The number of hydrogen-bond acceptors (Lipinski definition) is 3. The van der Waals surface area contributed by atoms with E-state index in [1.54, 1.807) is 6.20 Å². The smallest absolute Gasteiger partial charge is 0.186 e. The van der Waals surface area contributed by atoms with Gasteiger partial charge in [0.05, 0.1) is 5.54 Å². The van der Waals surface area contributed by atoms with Crippen molar-refractivity contribution in [1.82, 2.24) is 5.06 Å². The summed E-state index contributed by atoms with van der Waals surface area (Å²) in [6.45, 7) is 18.0. The quantitative estimate of drug-likeness (QED) is 0.701. The average Bonchev–Trinajstić information content (AvgIpc) is 2.26. The summed E-state index contributed by atoms with van der Waals surface area (Å²) in [4.78, 5) is 12.8. The Bertz CT molecular complexity index is 507. The van der Waals surface area contributed by atoms with Gasteiger partial charge in [-0.25, -0.2) is 0 Å². The molecule has 1 rings (SSSR count). The molecule has 0 aromatic rings. The van der Waals surface area contributed by atoms with Gasteiger partial charge in [0.15, 0.2) is 5.78 Å². The van der Waals surface area contributed by atoms with Crippen molar-refractivity contribution in [2.45, 2.75) is 67.9 Å². The molecule has 0 radical (unpaired) electrons. The van der Waals surface area contributed by atoms with Crippen LogP contribution in [0.5, 0.6) is 0 Å².